The second-order valence-electron chi connectivity index (χ2n) is 6.15. The zero-order chi connectivity index (χ0) is 18.5. The molecule has 0 saturated carbocycles. The molecule has 0 spiro atoms. The maximum Gasteiger partial charge on any atom is 0.255 e. The number of aromatic nitrogens is 3. The third-order valence-corrected chi connectivity index (χ3v) is 4.15. The molecular formula is C20H19N5O2. The van der Waals surface area contributed by atoms with Crippen LogP contribution in [0.25, 0.3) is 11.4 Å². The molecule has 0 radical (unpaired) electrons. The van der Waals surface area contributed by atoms with Gasteiger partial charge in [0.1, 0.15) is 6.10 Å². The van der Waals surface area contributed by atoms with Crippen LogP contribution in [-0.4, -0.2) is 33.6 Å². The molecule has 7 nitrogen and oxygen atoms in total. The summed E-state index contributed by atoms with van der Waals surface area (Å²) in [4.78, 5) is 25.6. The summed E-state index contributed by atoms with van der Waals surface area (Å²) in [5, 5.41) is 5.91. The van der Waals surface area contributed by atoms with E-state index < -0.39 is 6.10 Å². The number of hydrogen-bond acceptors (Lipinski definition) is 6. The molecule has 1 aliphatic rings. The highest BCUT2D eigenvalue weighted by atomic mass is 16.5. The number of carbonyl (C=O) groups excluding carboxylic acids is 1. The van der Waals surface area contributed by atoms with Gasteiger partial charge in [-0.1, -0.05) is 48.5 Å². The number of benzene rings is 2. The largest absolute Gasteiger partial charge is 0.368 e. The van der Waals surface area contributed by atoms with Crippen molar-refractivity contribution in [2.75, 3.05) is 17.2 Å². The smallest absolute Gasteiger partial charge is 0.255 e. The molecular weight excluding hydrogens is 342 g/mol. The highest BCUT2D eigenvalue weighted by Gasteiger charge is 2.24. The molecule has 1 saturated heterocycles. The van der Waals surface area contributed by atoms with E-state index in [1.165, 1.54) is 0 Å². The zero-order valence-corrected chi connectivity index (χ0v) is 14.6. The number of nitrogens with zero attached hydrogens (tertiary/aromatic N) is 3. The number of para-hydroxylation sites is 1. The van der Waals surface area contributed by atoms with Crippen molar-refractivity contribution in [1.29, 1.82) is 0 Å². The molecule has 2 heterocycles. The normalized spacial score (nSPS) is 16.1. The van der Waals surface area contributed by atoms with Gasteiger partial charge in [-0.3, -0.25) is 10.1 Å². The van der Waals surface area contributed by atoms with E-state index in [0.717, 1.165) is 17.7 Å². The maximum atomic E-state index is 12.4. The van der Waals surface area contributed by atoms with Crippen LogP contribution < -0.4 is 10.6 Å². The Hall–Kier alpha value is -3.32. The Balaban J connectivity index is 1.64. The molecule has 7 heteroatoms. The first-order valence-electron chi connectivity index (χ1n) is 8.84. The Morgan fingerprint density at radius 1 is 0.926 bits per heavy atom. The lowest BCUT2D eigenvalue weighted by atomic mass is 10.2. The summed E-state index contributed by atoms with van der Waals surface area (Å²) in [6, 6.07) is 19.2. The summed E-state index contributed by atoms with van der Waals surface area (Å²) in [5.74, 6) is 0.801. The van der Waals surface area contributed by atoms with Crippen molar-refractivity contribution in [3.8, 4) is 11.4 Å². The molecule has 1 fully saturated rings. The van der Waals surface area contributed by atoms with E-state index in [1.54, 1.807) is 0 Å². The van der Waals surface area contributed by atoms with Crippen molar-refractivity contribution in [2.24, 2.45) is 0 Å². The molecule has 136 valence electrons. The molecule has 3 aromatic rings. The Bertz CT molecular complexity index is 912. The lowest BCUT2D eigenvalue weighted by molar-refractivity contribution is -0.124. The lowest BCUT2D eigenvalue weighted by Crippen LogP contribution is -2.28. The van der Waals surface area contributed by atoms with Gasteiger partial charge < -0.3 is 10.1 Å². The minimum Gasteiger partial charge on any atom is -0.368 e. The number of anilines is 3. The Kier molecular flexibility index (Phi) is 5.02. The molecule has 1 atom stereocenters. The average molecular weight is 361 g/mol. The maximum absolute atomic E-state index is 12.4. The monoisotopic (exact) mass is 361 g/mol. The van der Waals surface area contributed by atoms with Crippen molar-refractivity contribution < 1.29 is 9.53 Å². The van der Waals surface area contributed by atoms with Crippen LogP contribution in [0.2, 0.25) is 0 Å². The van der Waals surface area contributed by atoms with Gasteiger partial charge in [-0.2, -0.15) is 15.0 Å². The van der Waals surface area contributed by atoms with Crippen LogP contribution in [0.5, 0.6) is 0 Å². The van der Waals surface area contributed by atoms with Gasteiger partial charge in [0.05, 0.1) is 0 Å². The fourth-order valence-corrected chi connectivity index (χ4v) is 2.83. The van der Waals surface area contributed by atoms with E-state index in [2.05, 4.69) is 25.6 Å². The number of carbonyl (C=O) groups is 1. The standard InChI is InChI=1S/C20H19N5O2/c26-18(16-12-7-13-27-16)24-20-23-17(14-8-3-1-4-9-14)22-19(25-20)21-15-10-5-2-6-11-15/h1-6,8-11,16H,7,12-13H2,(H2,21,22,23,24,25,26). The van der Waals surface area contributed by atoms with Gasteiger partial charge in [0.15, 0.2) is 5.82 Å². The summed E-state index contributed by atoms with van der Waals surface area (Å²) < 4.78 is 5.43. The second-order valence-corrected chi connectivity index (χ2v) is 6.15. The highest BCUT2D eigenvalue weighted by Crippen LogP contribution is 2.21. The second kappa shape index (κ2) is 7.92. The van der Waals surface area contributed by atoms with Crippen LogP contribution in [-0.2, 0) is 9.53 Å². The summed E-state index contributed by atoms with van der Waals surface area (Å²) in [5.41, 5.74) is 1.68. The number of hydrogen-bond donors (Lipinski definition) is 2. The van der Waals surface area contributed by atoms with Crippen LogP contribution in [0.1, 0.15) is 12.8 Å². The number of ether oxygens (including phenoxy) is 1. The van der Waals surface area contributed by atoms with E-state index >= 15 is 0 Å². The molecule has 2 N–H and O–H groups in total. The van der Waals surface area contributed by atoms with E-state index in [0.29, 0.717) is 24.8 Å². The Labute approximate surface area is 156 Å². The lowest BCUT2D eigenvalue weighted by Gasteiger charge is -2.12. The van der Waals surface area contributed by atoms with Gasteiger partial charge in [-0.25, -0.2) is 0 Å². The molecule has 1 unspecified atom stereocenters. The highest BCUT2D eigenvalue weighted by molar-refractivity contribution is 5.93. The molecule has 2 aromatic carbocycles. The van der Waals surface area contributed by atoms with E-state index in [1.807, 2.05) is 60.7 Å². The van der Waals surface area contributed by atoms with Crippen molar-refractivity contribution in [3.63, 3.8) is 0 Å². The minimum atomic E-state index is -0.451. The van der Waals surface area contributed by atoms with E-state index in [4.69, 9.17) is 4.74 Å². The Morgan fingerprint density at radius 2 is 1.63 bits per heavy atom. The molecule has 1 aliphatic heterocycles. The van der Waals surface area contributed by atoms with Gasteiger partial charge in [0.25, 0.3) is 5.91 Å². The summed E-state index contributed by atoms with van der Waals surface area (Å²) in [6.07, 6.45) is 1.13. The van der Waals surface area contributed by atoms with Crippen molar-refractivity contribution in [2.45, 2.75) is 18.9 Å². The Morgan fingerprint density at radius 3 is 2.33 bits per heavy atom. The number of rotatable bonds is 5. The molecule has 27 heavy (non-hydrogen) atoms. The first kappa shape index (κ1) is 17.1. The number of amides is 1. The fourth-order valence-electron chi connectivity index (χ4n) is 2.83. The average Bonchev–Trinajstić information content (AvgIpc) is 3.24. The molecule has 0 aliphatic carbocycles. The van der Waals surface area contributed by atoms with Crippen molar-refractivity contribution in [3.05, 3.63) is 60.7 Å². The molecule has 1 aromatic heterocycles. The van der Waals surface area contributed by atoms with Gasteiger partial charge in [0.2, 0.25) is 11.9 Å². The third kappa shape index (κ3) is 4.27. The number of nitrogens with one attached hydrogen (secondary N) is 2. The topological polar surface area (TPSA) is 89.0 Å². The third-order valence-electron chi connectivity index (χ3n) is 4.15. The predicted molar refractivity (Wildman–Crippen MR) is 103 cm³/mol. The zero-order valence-electron chi connectivity index (χ0n) is 14.6. The summed E-state index contributed by atoms with van der Waals surface area (Å²) >= 11 is 0. The fraction of sp³-hybridized carbons (Fsp3) is 0.200. The molecule has 1 amide bonds. The van der Waals surface area contributed by atoms with E-state index in [9.17, 15) is 4.79 Å². The van der Waals surface area contributed by atoms with Crippen LogP contribution in [0.15, 0.2) is 60.7 Å². The van der Waals surface area contributed by atoms with Crippen LogP contribution in [0, 0.1) is 0 Å². The van der Waals surface area contributed by atoms with Gasteiger partial charge in [-0.15, -0.1) is 0 Å². The van der Waals surface area contributed by atoms with Crippen LogP contribution >= 0.6 is 0 Å². The van der Waals surface area contributed by atoms with Gasteiger partial charge >= 0.3 is 0 Å². The summed E-state index contributed by atoms with van der Waals surface area (Å²) in [6.45, 7) is 0.603. The van der Waals surface area contributed by atoms with Crippen molar-refractivity contribution >= 4 is 23.5 Å². The van der Waals surface area contributed by atoms with E-state index in [-0.39, 0.29) is 11.9 Å². The SMILES string of the molecule is O=C(Nc1nc(Nc2ccccc2)nc(-c2ccccc2)n1)C1CCCO1. The van der Waals surface area contributed by atoms with Crippen LogP contribution in [0.3, 0.4) is 0 Å². The van der Waals surface area contributed by atoms with Crippen molar-refractivity contribution in [1.82, 2.24) is 15.0 Å². The van der Waals surface area contributed by atoms with Gasteiger partial charge in [0, 0.05) is 17.9 Å². The molecule has 4 rings (SSSR count). The van der Waals surface area contributed by atoms with Crippen LogP contribution in [0.4, 0.5) is 17.6 Å². The van der Waals surface area contributed by atoms with Gasteiger partial charge in [-0.05, 0) is 25.0 Å². The quantitative estimate of drug-likeness (QED) is 0.724. The minimum absolute atomic E-state index is 0.197. The predicted octanol–water partition coefficient (Wildman–Crippen LogP) is 3.40. The first-order chi connectivity index (χ1) is 13.3. The molecule has 0 bridgehead atoms. The summed E-state index contributed by atoms with van der Waals surface area (Å²) in [7, 11) is 0. The first-order valence-corrected chi connectivity index (χ1v) is 8.84.